The van der Waals surface area contributed by atoms with Crippen LogP contribution in [0.3, 0.4) is 0 Å². The van der Waals surface area contributed by atoms with Gasteiger partial charge < -0.3 is 10.3 Å². The summed E-state index contributed by atoms with van der Waals surface area (Å²) in [6, 6.07) is 9.97. The predicted octanol–water partition coefficient (Wildman–Crippen LogP) is 2.63. The van der Waals surface area contributed by atoms with E-state index in [9.17, 15) is 0 Å². The van der Waals surface area contributed by atoms with Crippen molar-refractivity contribution in [2.45, 2.75) is 13.5 Å². The standard InChI is InChI=1S/C13H15N3/c1-3-9-16-10(2)15-12(13(16)14)11-7-5-4-6-8-11/h3-8H,1,9,14H2,2H3. The average molecular weight is 213 g/mol. The molecule has 2 aromatic rings. The van der Waals surface area contributed by atoms with Crippen LogP contribution < -0.4 is 5.73 Å². The van der Waals surface area contributed by atoms with Crippen LogP contribution in [-0.2, 0) is 6.54 Å². The second-order valence-corrected chi connectivity index (χ2v) is 3.66. The lowest BCUT2D eigenvalue weighted by Gasteiger charge is -2.03. The number of aryl methyl sites for hydroxylation is 1. The fraction of sp³-hybridized carbons (Fsp3) is 0.154. The van der Waals surface area contributed by atoms with E-state index in [0.29, 0.717) is 12.4 Å². The van der Waals surface area contributed by atoms with Crippen molar-refractivity contribution in [3.05, 3.63) is 48.8 Å². The van der Waals surface area contributed by atoms with Gasteiger partial charge in [0.15, 0.2) is 0 Å². The Morgan fingerprint density at radius 3 is 2.69 bits per heavy atom. The van der Waals surface area contributed by atoms with Crippen molar-refractivity contribution in [3.63, 3.8) is 0 Å². The summed E-state index contributed by atoms with van der Waals surface area (Å²) in [5, 5.41) is 0. The molecule has 0 bridgehead atoms. The molecule has 1 heterocycles. The Morgan fingerprint density at radius 2 is 2.06 bits per heavy atom. The zero-order chi connectivity index (χ0) is 11.5. The average Bonchev–Trinajstić information content (AvgIpc) is 2.59. The molecule has 82 valence electrons. The van der Waals surface area contributed by atoms with Gasteiger partial charge in [0, 0.05) is 12.1 Å². The van der Waals surface area contributed by atoms with E-state index in [-0.39, 0.29) is 0 Å². The molecule has 1 aromatic heterocycles. The van der Waals surface area contributed by atoms with Crippen molar-refractivity contribution in [3.8, 4) is 11.3 Å². The lowest BCUT2D eigenvalue weighted by molar-refractivity contribution is 0.792. The molecule has 0 fully saturated rings. The molecule has 16 heavy (non-hydrogen) atoms. The maximum absolute atomic E-state index is 6.07. The number of nitrogen functional groups attached to an aromatic ring is 1. The van der Waals surface area contributed by atoms with Gasteiger partial charge in [-0.05, 0) is 6.92 Å². The van der Waals surface area contributed by atoms with Gasteiger partial charge in [0.25, 0.3) is 0 Å². The third-order valence-corrected chi connectivity index (χ3v) is 2.56. The maximum Gasteiger partial charge on any atom is 0.132 e. The zero-order valence-corrected chi connectivity index (χ0v) is 9.35. The summed E-state index contributed by atoms with van der Waals surface area (Å²) in [4.78, 5) is 4.49. The van der Waals surface area contributed by atoms with E-state index >= 15 is 0 Å². The highest BCUT2D eigenvalue weighted by atomic mass is 15.1. The molecule has 0 saturated heterocycles. The molecule has 3 heteroatoms. The molecule has 1 aromatic carbocycles. The quantitative estimate of drug-likeness (QED) is 0.796. The summed E-state index contributed by atoms with van der Waals surface area (Å²) < 4.78 is 1.95. The molecule has 0 aliphatic carbocycles. The van der Waals surface area contributed by atoms with E-state index in [1.807, 2.05) is 47.9 Å². The lowest BCUT2D eigenvalue weighted by Crippen LogP contribution is -2.03. The predicted molar refractivity (Wildman–Crippen MR) is 67.0 cm³/mol. The number of rotatable bonds is 3. The van der Waals surface area contributed by atoms with Gasteiger partial charge in [-0.1, -0.05) is 36.4 Å². The van der Waals surface area contributed by atoms with Crippen molar-refractivity contribution < 1.29 is 0 Å². The molecule has 3 nitrogen and oxygen atoms in total. The Morgan fingerprint density at radius 1 is 1.38 bits per heavy atom. The minimum atomic E-state index is 0.692. The van der Waals surface area contributed by atoms with Crippen molar-refractivity contribution in [1.82, 2.24) is 9.55 Å². The Balaban J connectivity index is 2.51. The van der Waals surface area contributed by atoms with Crippen molar-refractivity contribution in [1.29, 1.82) is 0 Å². The van der Waals surface area contributed by atoms with Gasteiger partial charge in [-0.3, -0.25) is 0 Å². The van der Waals surface area contributed by atoms with E-state index in [2.05, 4.69) is 11.6 Å². The van der Waals surface area contributed by atoms with E-state index < -0.39 is 0 Å². The van der Waals surface area contributed by atoms with Crippen molar-refractivity contribution in [2.75, 3.05) is 5.73 Å². The van der Waals surface area contributed by atoms with Crippen LogP contribution in [0.15, 0.2) is 43.0 Å². The van der Waals surface area contributed by atoms with E-state index in [0.717, 1.165) is 17.1 Å². The SMILES string of the molecule is C=CCn1c(C)nc(-c2ccccc2)c1N. The number of benzene rings is 1. The molecular formula is C13H15N3. The van der Waals surface area contributed by atoms with Crippen LogP contribution in [0.5, 0.6) is 0 Å². The van der Waals surface area contributed by atoms with Gasteiger partial charge in [-0.15, -0.1) is 6.58 Å². The largest absolute Gasteiger partial charge is 0.383 e. The van der Waals surface area contributed by atoms with Crippen LogP contribution in [0.2, 0.25) is 0 Å². The normalized spacial score (nSPS) is 10.3. The van der Waals surface area contributed by atoms with Gasteiger partial charge in [-0.25, -0.2) is 4.98 Å². The van der Waals surface area contributed by atoms with Gasteiger partial charge >= 0.3 is 0 Å². The smallest absolute Gasteiger partial charge is 0.132 e. The molecule has 0 spiro atoms. The number of nitrogens with two attached hydrogens (primary N) is 1. The number of allylic oxidation sites excluding steroid dienone is 1. The van der Waals surface area contributed by atoms with Crippen LogP contribution in [0, 0.1) is 6.92 Å². The van der Waals surface area contributed by atoms with Crippen LogP contribution >= 0.6 is 0 Å². The number of anilines is 1. The Bertz CT molecular complexity index is 497. The second-order valence-electron chi connectivity index (χ2n) is 3.66. The lowest BCUT2D eigenvalue weighted by atomic mass is 10.1. The molecule has 0 amide bonds. The number of hydrogen-bond donors (Lipinski definition) is 1. The van der Waals surface area contributed by atoms with E-state index in [1.54, 1.807) is 0 Å². The highest BCUT2D eigenvalue weighted by Crippen LogP contribution is 2.25. The Labute approximate surface area is 95.2 Å². The minimum Gasteiger partial charge on any atom is -0.383 e. The van der Waals surface area contributed by atoms with Gasteiger partial charge in [0.2, 0.25) is 0 Å². The molecule has 0 unspecified atom stereocenters. The first-order valence-corrected chi connectivity index (χ1v) is 5.23. The Hall–Kier alpha value is -2.03. The van der Waals surface area contributed by atoms with Crippen molar-refractivity contribution in [2.24, 2.45) is 0 Å². The number of nitrogens with zero attached hydrogens (tertiary/aromatic N) is 2. The topological polar surface area (TPSA) is 43.8 Å². The van der Waals surface area contributed by atoms with Crippen LogP contribution in [-0.4, -0.2) is 9.55 Å². The summed E-state index contributed by atoms with van der Waals surface area (Å²) >= 11 is 0. The zero-order valence-electron chi connectivity index (χ0n) is 9.35. The summed E-state index contributed by atoms with van der Waals surface area (Å²) in [5.41, 5.74) is 7.97. The number of imidazole rings is 1. The highest BCUT2D eigenvalue weighted by molar-refractivity contribution is 5.70. The summed E-state index contributed by atoms with van der Waals surface area (Å²) in [6.07, 6.45) is 1.82. The molecular weight excluding hydrogens is 198 g/mol. The summed E-state index contributed by atoms with van der Waals surface area (Å²) in [5.74, 6) is 1.61. The molecule has 0 aliphatic heterocycles. The van der Waals surface area contributed by atoms with Gasteiger partial charge in [-0.2, -0.15) is 0 Å². The van der Waals surface area contributed by atoms with E-state index in [1.165, 1.54) is 0 Å². The fourth-order valence-corrected chi connectivity index (χ4v) is 1.75. The molecule has 0 aliphatic rings. The van der Waals surface area contributed by atoms with Gasteiger partial charge in [0.05, 0.1) is 0 Å². The number of hydrogen-bond acceptors (Lipinski definition) is 2. The summed E-state index contributed by atoms with van der Waals surface area (Å²) in [7, 11) is 0. The third kappa shape index (κ3) is 1.72. The van der Waals surface area contributed by atoms with E-state index in [4.69, 9.17) is 5.73 Å². The minimum absolute atomic E-state index is 0.692. The monoisotopic (exact) mass is 213 g/mol. The molecule has 0 radical (unpaired) electrons. The van der Waals surface area contributed by atoms with Crippen molar-refractivity contribution >= 4 is 5.82 Å². The third-order valence-electron chi connectivity index (χ3n) is 2.56. The van der Waals surface area contributed by atoms with Crippen LogP contribution in [0.4, 0.5) is 5.82 Å². The first kappa shape index (κ1) is 10.5. The second kappa shape index (κ2) is 4.23. The van der Waals surface area contributed by atoms with Gasteiger partial charge in [0.1, 0.15) is 17.3 Å². The first-order chi connectivity index (χ1) is 7.74. The first-order valence-electron chi connectivity index (χ1n) is 5.23. The highest BCUT2D eigenvalue weighted by Gasteiger charge is 2.11. The fourth-order valence-electron chi connectivity index (χ4n) is 1.75. The molecule has 0 saturated carbocycles. The number of aromatic nitrogens is 2. The Kier molecular flexibility index (Phi) is 2.77. The maximum atomic E-state index is 6.07. The molecule has 0 atom stereocenters. The summed E-state index contributed by atoms with van der Waals surface area (Å²) in [6.45, 7) is 6.36. The van der Waals surface area contributed by atoms with Crippen LogP contribution in [0.25, 0.3) is 11.3 Å². The van der Waals surface area contributed by atoms with Crippen LogP contribution in [0.1, 0.15) is 5.82 Å². The molecule has 2 rings (SSSR count). The molecule has 2 N–H and O–H groups in total.